The molecule has 2 heterocycles. The molecule has 3 rings (SSSR count). The van der Waals surface area contributed by atoms with Gasteiger partial charge in [-0.25, -0.2) is 4.39 Å². The molecule has 0 radical (unpaired) electrons. The van der Waals surface area contributed by atoms with Gasteiger partial charge in [-0.1, -0.05) is 61.9 Å². The number of allylic oxidation sites excluding steroid dienone is 12. The molecule has 1 aliphatic heterocycles. The van der Waals surface area contributed by atoms with Crippen LogP contribution < -0.4 is 4.90 Å². The molecule has 0 unspecified atom stereocenters. The maximum atomic E-state index is 14.5. The smallest absolute Gasteiger partial charge is 0.126 e. The van der Waals surface area contributed by atoms with Gasteiger partial charge in [-0.3, -0.25) is 9.98 Å². The van der Waals surface area contributed by atoms with Gasteiger partial charge >= 0.3 is 0 Å². The van der Waals surface area contributed by atoms with Crippen molar-refractivity contribution < 1.29 is 4.39 Å². The summed E-state index contributed by atoms with van der Waals surface area (Å²) in [6.07, 6.45) is 17.1. The van der Waals surface area contributed by atoms with Crippen LogP contribution in [0.5, 0.6) is 0 Å². The summed E-state index contributed by atoms with van der Waals surface area (Å²) >= 11 is 6.84. The van der Waals surface area contributed by atoms with E-state index in [1.54, 1.807) is 0 Å². The van der Waals surface area contributed by atoms with Crippen LogP contribution in [-0.2, 0) is 0 Å². The number of pyridine rings is 1. The zero-order valence-electron chi connectivity index (χ0n) is 24.1. The molecule has 0 aromatic carbocycles. The van der Waals surface area contributed by atoms with Crippen LogP contribution in [0.25, 0.3) is 0 Å². The number of rotatable bonds is 10. The van der Waals surface area contributed by atoms with Crippen molar-refractivity contribution in [3.05, 3.63) is 118 Å². The van der Waals surface area contributed by atoms with Gasteiger partial charge in [-0.05, 0) is 101 Å². The van der Waals surface area contributed by atoms with Crippen molar-refractivity contribution in [3.63, 3.8) is 0 Å². The minimum absolute atomic E-state index is 0.298. The van der Waals surface area contributed by atoms with E-state index in [1.165, 1.54) is 18.9 Å². The largest absolute Gasteiger partial charge is 0.313 e. The lowest BCUT2D eigenvalue weighted by molar-refractivity contribution is 0.638. The molecule has 3 nitrogen and oxygen atoms in total. The first kappa shape index (κ1) is 30.3. The Kier molecular flexibility index (Phi) is 10.7. The van der Waals surface area contributed by atoms with E-state index in [2.05, 4.69) is 24.6 Å². The normalized spacial score (nSPS) is 17.9. The number of aliphatic imine (C=N–C) groups is 1. The molecule has 1 aromatic rings. The van der Waals surface area contributed by atoms with Crippen LogP contribution in [0.15, 0.2) is 112 Å². The highest BCUT2D eigenvalue weighted by Gasteiger charge is 2.25. The van der Waals surface area contributed by atoms with Crippen LogP contribution in [0.3, 0.4) is 0 Å². The summed E-state index contributed by atoms with van der Waals surface area (Å²) in [5.41, 5.74) is 8.32. The summed E-state index contributed by atoms with van der Waals surface area (Å²) in [5.74, 6) is 0.144. The number of aromatic nitrogens is 1. The Balaban J connectivity index is 1.87. The van der Waals surface area contributed by atoms with Crippen LogP contribution in [0, 0.1) is 12.8 Å². The third-order valence-electron chi connectivity index (χ3n) is 7.38. The summed E-state index contributed by atoms with van der Waals surface area (Å²) in [5, 5.41) is 0.567. The van der Waals surface area contributed by atoms with E-state index in [4.69, 9.17) is 21.6 Å². The minimum atomic E-state index is -0.298. The predicted molar refractivity (Wildman–Crippen MR) is 167 cm³/mol. The summed E-state index contributed by atoms with van der Waals surface area (Å²) in [6, 6.07) is 2.04. The Morgan fingerprint density at radius 1 is 1.23 bits per heavy atom. The lowest BCUT2D eigenvalue weighted by Gasteiger charge is -2.33. The van der Waals surface area contributed by atoms with Crippen molar-refractivity contribution in [3.8, 4) is 0 Å². The molecule has 0 saturated heterocycles. The summed E-state index contributed by atoms with van der Waals surface area (Å²) in [7, 11) is 0. The number of anilines is 1. The van der Waals surface area contributed by atoms with Crippen molar-refractivity contribution in [1.82, 2.24) is 4.98 Å². The van der Waals surface area contributed by atoms with E-state index >= 15 is 0 Å². The van der Waals surface area contributed by atoms with E-state index < -0.39 is 0 Å². The van der Waals surface area contributed by atoms with Crippen molar-refractivity contribution in [2.45, 2.75) is 73.1 Å². The Morgan fingerprint density at radius 2 is 1.92 bits per heavy atom. The molecule has 2 aliphatic rings. The van der Waals surface area contributed by atoms with Gasteiger partial charge in [0.25, 0.3) is 0 Å². The molecule has 1 aromatic heterocycles. The third-order valence-corrected chi connectivity index (χ3v) is 7.84. The molecule has 0 N–H and O–H groups in total. The molecule has 5 heteroatoms. The monoisotopic (exact) mass is 545 g/mol. The Morgan fingerprint density at radius 3 is 2.56 bits per heavy atom. The van der Waals surface area contributed by atoms with Crippen LogP contribution in [0.2, 0.25) is 0 Å². The topological polar surface area (TPSA) is 28.5 Å². The molecule has 1 fully saturated rings. The van der Waals surface area contributed by atoms with Gasteiger partial charge in [0.15, 0.2) is 0 Å². The molecular formula is C34H41ClFN3. The highest BCUT2D eigenvalue weighted by atomic mass is 35.5. The van der Waals surface area contributed by atoms with Gasteiger partial charge in [-0.2, -0.15) is 0 Å². The number of halogens is 2. The van der Waals surface area contributed by atoms with Gasteiger partial charge < -0.3 is 4.90 Å². The predicted octanol–water partition coefficient (Wildman–Crippen LogP) is 10.3. The summed E-state index contributed by atoms with van der Waals surface area (Å²) in [4.78, 5) is 11.7. The van der Waals surface area contributed by atoms with Crippen LogP contribution in [-0.4, -0.2) is 10.7 Å². The zero-order chi connectivity index (χ0) is 28.7. The standard InChI is InChI=1S/C34H41ClFN3/c1-9-13-31(38-26(7)28-14-11-12-15-28)32-20-33(24(5)21-37-32)39-25(6)19-29(34(35)27(39)8)17-16-23(4)30(36)18-22(3)10-2/h9-10,13,18-21,28H,4,7-8,11-12,14-17H2,1-3,5-6H3/b13-9-,22-10-,30-18+,38-31+. The SMILES string of the molecule is C=C(CCC1=C(Cl)C(=C)N(c2cc(C(/C=C\C)=N/C(=C)C3CCCC3)ncc2C)C(C)=C1)/C(F)=C\C(C)=C/C. The molecule has 0 atom stereocenters. The second-order valence-corrected chi connectivity index (χ2v) is 10.7. The first-order valence-corrected chi connectivity index (χ1v) is 14.1. The van der Waals surface area contributed by atoms with Crippen LogP contribution in [0.4, 0.5) is 10.1 Å². The van der Waals surface area contributed by atoms with Crippen molar-refractivity contribution >= 4 is 23.0 Å². The van der Waals surface area contributed by atoms with Crippen molar-refractivity contribution in [2.75, 3.05) is 4.90 Å². The number of hydrogen-bond acceptors (Lipinski definition) is 3. The van der Waals surface area contributed by atoms with Gasteiger partial charge in [0.05, 0.1) is 27.8 Å². The molecule has 39 heavy (non-hydrogen) atoms. The van der Waals surface area contributed by atoms with E-state index in [1.807, 2.05) is 71.2 Å². The van der Waals surface area contributed by atoms with Crippen molar-refractivity contribution in [2.24, 2.45) is 10.9 Å². The fourth-order valence-corrected chi connectivity index (χ4v) is 5.15. The molecule has 0 spiro atoms. The lowest BCUT2D eigenvalue weighted by Crippen LogP contribution is -2.25. The Hall–Kier alpha value is -3.24. The maximum Gasteiger partial charge on any atom is 0.126 e. The summed E-state index contributed by atoms with van der Waals surface area (Å²) < 4.78 is 14.5. The molecule has 206 valence electrons. The lowest BCUT2D eigenvalue weighted by atomic mass is 9.98. The average Bonchev–Trinajstić information content (AvgIpc) is 3.46. The summed E-state index contributed by atoms with van der Waals surface area (Å²) in [6.45, 7) is 22.3. The van der Waals surface area contributed by atoms with Gasteiger partial charge in [0, 0.05) is 23.5 Å². The maximum absolute atomic E-state index is 14.5. The second kappa shape index (κ2) is 13.7. The molecule has 1 saturated carbocycles. The Labute approximate surface area is 239 Å². The van der Waals surface area contributed by atoms with Gasteiger partial charge in [0.1, 0.15) is 5.83 Å². The first-order chi connectivity index (χ1) is 18.6. The highest BCUT2D eigenvalue weighted by Crippen LogP contribution is 2.39. The number of aryl methyl sites for hydroxylation is 1. The van der Waals surface area contributed by atoms with E-state index in [0.29, 0.717) is 35.1 Å². The van der Waals surface area contributed by atoms with Gasteiger partial charge in [-0.15, -0.1) is 0 Å². The quantitative estimate of drug-likeness (QED) is 0.216. The Bertz CT molecular complexity index is 1330. The second-order valence-electron chi connectivity index (χ2n) is 10.4. The highest BCUT2D eigenvalue weighted by molar-refractivity contribution is 6.33. The number of hydrogen-bond donors (Lipinski definition) is 0. The first-order valence-electron chi connectivity index (χ1n) is 13.7. The molecule has 1 aliphatic carbocycles. The number of nitrogens with zero attached hydrogens (tertiary/aromatic N) is 3. The van der Waals surface area contributed by atoms with E-state index in [9.17, 15) is 4.39 Å². The van der Waals surface area contributed by atoms with Crippen molar-refractivity contribution in [1.29, 1.82) is 0 Å². The molecular weight excluding hydrogens is 505 g/mol. The van der Waals surface area contributed by atoms with E-state index in [-0.39, 0.29) is 5.83 Å². The average molecular weight is 546 g/mol. The fourth-order valence-electron chi connectivity index (χ4n) is 4.92. The van der Waals surface area contributed by atoms with Gasteiger partial charge in [0.2, 0.25) is 0 Å². The fraction of sp³-hybridized carbons (Fsp3) is 0.353. The van der Waals surface area contributed by atoms with Crippen LogP contribution >= 0.6 is 11.6 Å². The third kappa shape index (κ3) is 7.45. The van der Waals surface area contributed by atoms with E-state index in [0.717, 1.165) is 58.0 Å². The molecule has 0 amide bonds. The van der Waals surface area contributed by atoms with Crippen LogP contribution in [0.1, 0.15) is 77.5 Å². The minimum Gasteiger partial charge on any atom is -0.313 e. The zero-order valence-corrected chi connectivity index (χ0v) is 24.8. The molecule has 0 bridgehead atoms.